The molecule has 0 aliphatic heterocycles. The van der Waals surface area contributed by atoms with Crippen molar-refractivity contribution in [2.24, 2.45) is 0 Å². The van der Waals surface area contributed by atoms with Crippen LogP contribution in [0.4, 0.5) is 11.4 Å². The van der Waals surface area contributed by atoms with Crippen LogP contribution in [0.3, 0.4) is 0 Å². The van der Waals surface area contributed by atoms with Gasteiger partial charge >= 0.3 is 5.97 Å². The van der Waals surface area contributed by atoms with E-state index in [-0.39, 0.29) is 12.5 Å². The van der Waals surface area contributed by atoms with Gasteiger partial charge in [-0.2, -0.15) is 0 Å². The second-order valence-corrected chi connectivity index (χ2v) is 6.59. The SMILES string of the molecule is Cc1cccc(NC(=O)CNC(=O)COC(=O)c2ccc(N(C)C)cc2)c1C. The highest BCUT2D eigenvalue weighted by Gasteiger charge is 2.12. The quantitative estimate of drug-likeness (QED) is 0.716. The first-order valence-electron chi connectivity index (χ1n) is 8.85. The molecule has 0 spiro atoms. The smallest absolute Gasteiger partial charge is 0.338 e. The van der Waals surface area contributed by atoms with Crippen molar-refractivity contribution in [3.05, 3.63) is 59.2 Å². The number of carbonyl (C=O) groups excluding carboxylic acids is 3. The fraction of sp³-hybridized carbons (Fsp3) is 0.286. The Hall–Kier alpha value is -3.35. The third-order valence-corrected chi connectivity index (χ3v) is 4.28. The highest BCUT2D eigenvalue weighted by Crippen LogP contribution is 2.17. The Bertz CT molecular complexity index is 860. The van der Waals surface area contributed by atoms with Gasteiger partial charge < -0.3 is 20.3 Å². The highest BCUT2D eigenvalue weighted by atomic mass is 16.5. The van der Waals surface area contributed by atoms with Crippen LogP contribution in [0.15, 0.2) is 42.5 Å². The zero-order valence-corrected chi connectivity index (χ0v) is 16.5. The Morgan fingerprint density at radius 1 is 0.964 bits per heavy atom. The number of hydrogen-bond donors (Lipinski definition) is 2. The lowest BCUT2D eigenvalue weighted by atomic mass is 10.1. The predicted octanol–water partition coefficient (Wildman–Crippen LogP) is 2.28. The van der Waals surface area contributed by atoms with Crippen LogP contribution in [0.5, 0.6) is 0 Å². The molecular formula is C21H25N3O4. The van der Waals surface area contributed by atoms with Crippen molar-refractivity contribution in [1.82, 2.24) is 5.32 Å². The molecule has 28 heavy (non-hydrogen) atoms. The first kappa shape index (κ1) is 21.0. The van der Waals surface area contributed by atoms with Crippen LogP contribution in [0.25, 0.3) is 0 Å². The molecule has 0 saturated carbocycles. The van der Waals surface area contributed by atoms with Crippen molar-refractivity contribution in [1.29, 1.82) is 0 Å². The van der Waals surface area contributed by atoms with Gasteiger partial charge in [0.25, 0.3) is 5.91 Å². The standard InChI is InChI=1S/C21H25N3O4/c1-14-6-5-7-18(15(14)2)23-19(25)12-22-20(26)13-28-21(27)16-8-10-17(11-9-16)24(3)4/h5-11H,12-13H2,1-4H3,(H,22,26)(H,23,25). The number of ether oxygens (including phenoxy) is 1. The summed E-state index contributed by atoms with van der Waals surface area (Å²) >= 11 is 0. The first-order chi connectivity index (χ1) is 13.3. The number of nitrogens with zero attached hydrogens (tertiary/aromatic N) is 1. The average molecular weight is 383 g/mol. The fourth-order valence-corrected chi connectivity index (χ4v) is 2.42. The minimum Gasteiger partial charge on any atom is -0.452 e. The van der Waals surface area contributed by atoms with E-state index < -0.39 is 18.5 Å². The maximum Gasteiger partial charge on any atom is 0.338 e. The Kier molecular flexibility index (Phi) is 7.14. The summed E-state index contributed by atoms with van der Waals surface area (Å²) in [6.45, 7) is 3.20. The molecule has 0 bridgehead atoms. The topological polar surface area (TPSA) is 87.7 Å². The van der Waals surface area contributed by atoms with Crippen LogP contribution < -0.4 is 15.5 Å². The molecule has 7 nitrogen and oxygen atoms in total. The molecule has 2 amide bonds. The van der Waals surface area contributed by atoms with E-state index in [1.807, 2.05) is 45.0 Å². The molecule has 0 aliphatic rings. The molecule has 0 heterocycles. The van der Waals surface area contributed by atoms with Crippen LogP contribution in [0, 0.1) is 13.8 Å². The van der Waals surface area contributed by atoms with Gasteiger partial charge in [0, 0.05) is 25.5 Å². The molecule has 2 N–H and O–H groups in total. The van der Waals surface area contributed by atoms with Gasteiger partial charge in [-0.1, -0.05) is 12.1 Å². The van der Waals surface area contributed by atoms with Gasteiger partial charge in [0.2, 0.25) is 5.91 Å². The molecule has 0 radical (unpaired) electrons. The van der Waals surface area contributed by atoms with Crippen molar-refractivity contribution in [2.45, 2.75) is 13.8 Å². The first-order valence-corrected chi connectivity index (χ1v) is 8.85. The maximum absolute atomic E-state index is 12.0. The van der Waals surface area contributed by atoms with E-state index in [0.29, 0.717) is 11.3 Å². The summed E-state index contributed by atoms with van der Waals surface area (Å²) < 4.78 is 4.98. The maximum atomic E-state index is 12.0. The van der Waals surface area contributed by atoms with E-state index in [9.17, 15) is 14.4 Å². The summed E-state index contributed by atoms with van der Waals surface area (Å²) in [5.41, 5.74) is 4.03. The number of esters is 1. The summed E-state index contributed by atoms with van der Waals surface area (Å²) in [6.07, 6.45) is 0. The van der Waals surface area contributed by atoms with Crippen molar-refractivity contribution < 1.29 is 19.1 Å². The zero-order chi connectivity index (χ0) is 20.7. The number of amides is 2. The van der Waals surface area contributed by atoms with Crippen molar-refractivity contribution in [3.8, 4) is 0 Å². The number of carbonyl (C=O) groups is 3. The highest BCUT2D eigenvalue weighted by molar-refractivity contribution is 5.96. The van der Waals surface area contributed by atoms with Crippen LogP contribution in [-0.2, 0) is 14.3 Å². The number of rotatable bonds is 7. The van der Waals surface area contributed by atoms with E-state index in [0.717, 1.165) is 16.8 Å². The summed E-state index contributed by atoms with van der Waals surface area (Å²) in [5.74, 6) is -1.50. The largest absolute Gasteiger partial charge is 0.452 e. The monoisotopic (exact) mass is 383 g/mol. The van der Waals surface area contributed by atoms with E-state index in [2.05, 4.69) is 10.6 Å². The van der Waals surface area contributed by atoms with Crippen LogP contribution in [0.1, 0.15) is 21.5 Å². The van der Waals surface area contributed by atoms with E-state index in [4.69, 9.17) is 4.74 Å². The molecule has 2 rings (SSSR count). The number of anilines is 2. The lowest BCUT2D eigenvalue weighted by Crippen LogP contribution is -2.35. The minimum atomic E-state index is -0.597. The molecule has 0 unspecified atom stereocenters. The zero-order valence-electron chi connectivity index (χ0n) is 16.5. The van der Waals surface area contributed by atoms with Gasteiger partial charge in [-0.25, -0.2) is 4.79 Å². The van der Waals surface area contributed by atoms with Gasteiger partial charge in [-0.3, -0.25) is 9.59 Å². The minimum absolute atomic E-state index is 0.207. The van der Waals surface area contributed by atoms with Crippen LogP contribution in [-0.4, -0.2) is 45.0 Å². The molecule has 2 aromatic carbocycles. The van der Waals surface area contributed by atoms with Crippen LogP contribution in [0.2, 0.25) is 0 Å². The third kappa shape index (κ3) is 5.84. The molecule has 0 atom stereocenters. The normalized spacial score (nSPS) is 10.1. The molecule has 0 saturated heterocycles. The molecule has 2 aromatic rings. The molecule has 0 fully saturated rings. The summed E-state index contributed by atoms with van der Waals surface area (Å²) in [5, 5.41) is 5.18. The Morgan fingerprint density at radius 2 is 1.64 bits per heavy atom. The second-order valence-electron chi connectivity index (χ2n) is 6.59. The van der Waals surface area contributed by atoms with Gasteiger partial charge in [0.05, 0.1) is 12.1 Å². The van der Waals surface area contributed by atoms with Crippen molar-refractivity contribution in [2.75, 3.05) is 37.5 Å². The predicted molar refractivity (Wildman–Crippen MR) is 109 cm³/mol. The lowest BCUT2D eigenvalue weighted by Gasteiger charge is -2.12. The molecule has 0 aliphatic carbocycles. The third-order valence-electron chi connectivity index (χ3n) is 4.28. The van der Waals surface area contributed by atoms with Crippen LogP contribution >= 0.6 is 0 Å². The number of aryl methyl sites for hydroxylation is 1. The van der Waals surface area contributed by atoms with Gasteiger partial charge in [0.1, 0.15) is 0 Å². The lowest BCUT2D eigenvalue weighted by molar-refractivity contribution is -0.126. The van der Waals surface area contributed by atoms with Gasteiger partial charge in [-0.15, -0.1) is 0 Å². The molecule has 148 valence electrons. The summed E-state index contributed by atoms with van der Waals surface area (Å²) in [6, 6.07) is 12.4. The second kappa shape index (κ2) is 9.55. The Morgan fingerprint density at radius 3 is 2.29 bits per heavy atom. The van der Waals surface area contributed by atoms with Gasteiger partial charge in [-0.05, 0) is 55.3 Å². The molecule has 0 aromatic heterocycles. The van der Waals surface area contributed by atoms with Crippen molar-refractivity contribution >= 4 is 29.2 Å². The number of hydrogen-bond acceptors (Lipinski definition) is 5. The number of nitrogens with one attached hydrogen (secondary N) is 2. The van der Waals surface area contributed by atoms with E-state index >= 15 is 0 Å². The van der Waals surface area contributed by atoms with Gasteiger partial charge in [0.15, 0.2) is 6.61 Å². The summed E-state index contributed by atoms with van der Waals surface area (Å²) in [7, 11) is 3.79. The van der Waals surface area contributed by atoms with Crippen molar-refractivity contribution in [3.63, 3.8) is 0 Å². The van der Waals surface area contributed by atoms with E-state index in [1.54, 1.807) is 30.3 Å². The molecular weight excluding hydrogens is 358 g/mol. The fourth-order valence-electron chi connectivity index (χ4n) is 2.42. The molecule has 7 heteroatoms. The average Bonchev–Trinajstić information content (AvgIpc) is 2.68. The summed E-state index contributed by atoms with van der Waals surface area (Å²) in [4.78, 5) is 37.7. The number of benzene rings is 2. The Labute approximate surface area is 164 Å². The van der Waals surface area contributed by atoms with E-state index in [1.165, 1.54) is 0 Å². The Balaban J connectivity index is 1.76.